The third-order valence-corrected chi connectivity index (χ3v) is 4.73. The summed E-state index contributed by atoms with van der Waals surface area (Å²) in [5.41, 5.74) is 0.821. The van der Waals surface area contributed by atoms with Crippen LogP contribution in [0.1, 0.15) is 25.3 Å². The van der Waals surface area contributed by atoms with Crippen molar-refractivity contribution in [3.63, 3.8) is 0 Å². The molecule has 0 unspecified atom stereocenters. The third kappa shape index (κ3) is 4.92. The molecule has 3 rings (SSSR count). The second-order valence-electron chi connectivity index (χ2n) is 6.94. The Morgan fingerprint density at radius 3 is 2.50 bits per heavy atom. The Morgan fingerprint density at radius 2 is 1.85 bits per heavy atom. The number of piperidine rings is 1. The van der Waals surface area contributed by atoms with Crippen molar-refractivity contribution in [2.45, 2.75) is 32.9 Å². The molecular formula is C19H24N4O3. The summed E-state index contributed by atoms with van der Waals surface area (Å²) in [6.45, 7) is 5.34. The first-order valence-electron chi connectivity index (χ1n) is 8.90. The molecular weight excluding hydrogens is 332 g/mol. The second-order valence-corrected chi connectivity index (χ2v) is 6.94. The number of H-pyrrole nitrogens is 1. The fraction of sp³-hybridized carbons (Fsp3) is 0.421. The molecule has 1 fully saturated rings. The van der Waals surface area contributed by atoms with Crippen LogP contribution in [0.3, 0.4) is 0 Å². The summed E-state index contributed by atoms with van der Waals surface area (Å²) in [4.78, 5) is 39.3. The normalized spacial score (nSPS) is 15.7. The number of likely N-dealkylation sites (tertiary alicyclic amines) is 1. The Labute approximate surface area is 151 Å². The van der Waals surface area contributed by atoms with Crippen molar-refractivity contribution in [1.29, 1.82) is 0 Å². The molecule has 1 aliphatic heterocycles. The number of benzene rings is 1. The van der Waals surface area contributed by atoms with Gasteiger partial charge in [-0.1, -0.05) is 19.1 Å². The molecule has 2 N–H and O–H groups in total. The van der Waals surface area contributed by atoms with Crippen LogP contribution in [0.15, 0.2) is 46.1 Å². The largest absolute Gasteiger partial charge is 0.328 e. The van der Waals surface area contributed by atoms with Crippen LogP contribution in [0.25, 0.3) is 0 Å². The van der Waals surface area contributed by atoms with Crippen molar-refractivity contribution in [1.82, 2.24) is 14.5 Å². The van der Waals surface area contributed by atoms with Crippen LogP contribution in [0.4, 0.5) is 5.69 Å². The van der Waals surface area contributed by atoms with E-state index in [-0.39, 0.29) is 12.5 Å². The van der Waals surface area contributed by atoms with Gasteiger partial charge >= 0.3 is 5.69 Å². The molecule has 2 aromatic rings. The lowest BCUT2D eigenvalue weighted by Crippen LogP contribution is -2.32. The first-order valence-corrected chi connectivity index (χ1v) is 8.90. The Bertz CT molecular complexity index is 861. The SMILES string of the molecule is CC1CCN(Cc2ccc(NC(=O)Cn3ccc(=O)[nH]c3=O)cc2)CC1. The molecule has 0 atom stereocenters. The number of amides is 1. The van der Waals surface area contributed by atoms with Gasteiger partial charge in [0.1, 0.15) is 6.54 Å². The van der Waals surface area contributed by atoms with Gasteiger partial charge in [0.15, 0.2) is 0 Å². The molecule has 0 aliphatic carbocycles. The predicted molar refractivity (Wildman–Crippen MR) is 100 cm³/mol. The van der Waals surface area contributed by atoms with Gasteiger partial charge in [0, 0.05) is 24.5 Å². The molecule has 1 aliphatic rings. The van der Waals surface area contributed by atoms with E-state index in [1.807, 2.05) is 24.3 Å². The maximum absolute atomic E-state index is 12.1. The van der Waals surface area contributed by atoms with E-state index in [4.69, 9.17) is 0 Å². The second kappa shape index (κ2) is 8.14. The molecule has 0 saturated carbocycles. The van der Waals surface area contributed by atoms with E-state index < -0.39 is 11.2 Å². The fourth-order valence-corrected chi connectivity index (χ4v) is 3.10. The molecule has 1 aromatic heterocycles. The van der Waals surface area contributed by atoms with Crippen LogP contribution in [0.5, 0.6) is 0 Å². The molecule has 1 amide bonds. The average Bonchev–Trinajstić information content (AvgIpc) is 2.61. The number of carbonyl (C=O) groups is 1. The Balaban J connectivity index is 1.54. The van der Waals surface area contributed by atoms with E-state index >= 15 is 0 Å². The number of nitrogens with zero attached hydrogens (tertiary/aromatic N) is 2. The molecule has 0 bridgehead atoms. The minimum absolute atomic E-state index is 0.149. The zero-order valence-corrected chi connectivity index (χ0v) is 14.9. The zero-order valence-electron chi connectivity index (χ0n) is 14.9. The molecule has 1 saturated heterocycles. The highest BCUT2D eigenvalue weighted by Gasteiger charge is 2.15. The average molecular weight is 356 g/mol. The van der Waals surface area contributed by atoms with E-state index in [0.717, 1.165) is 30.1 Å². The standard InChI is InChI=1S/C19H24N4O3/c1-14-6-9-22(10-7-14)12-15-2-4-16(5-3-15)20-18(25)13-23-11-8-17(24)21-19(23)26/h2-5,8,11,14H,6-7,9-10,12-13H2,1H3,(H,20,25)(H,21,24,26). The first kappa shape index (κ1) is 18.1. The van der Waals surface area contributed by atoms with E-state index in [1.54, 1.807) is 0 Å². The minimum atomic E-state index is -0.598. The number of hydrogen-bond donors (Lipinski definition) is 2. The highest BCUT2D eigenvalue weighted by molar-refractivity contribution is 5.90. The zero-order chi connectivity index (χ0) is 18.5. The van der Waals surface area contributed by atoms with Crippen LogP contribution >= 0.6 is 0 Å². The minimum Gasteiger partial charge on any atom is -0.325 e. The Kier molecular flexibility index (Phi) is 5.68. The molecule has 1 aromatic carbocycles. The molecule has 0 spiro atoms. The highest BCUT2D eigenvalue weighted by atomic mass is 16.2. The van der Waals surface area contributed by atoms with E-state index in [9.17, 15) is 14.4 Å². The van der Waals surface area contributed by atoms with Crippen LogP contribution in [-0.4, -0.2) is 33.4 Å². The number of nitrogens with one attached hydrogen (secondary N) is 2. The smallest absolute Gasteiger partial charge is 0.325 e. The van der Waals surface area contributed by atoms with Gasteiger partial charge < -0.3 is 5.32 Å². The molecule has 7 nitrogen and oxygen atoms in total. The Hall–Kier alpha value is -2.67. The highest BCUT2D eigenvalue weighted by Crippen LogP contribution is 2.19. The lowest BCUT2D eigenvalue weighted by molar-refractivity contribution is -0.116. The quantitative estimate of drug-likeness (QED) is 0.848. The number of aromatic amines is 1. The number of hydrogen-bond acceptors (Lipinski definition) is 4. The summed E-state index contributed by atoms with van der Waals surface area (Å²) >= 11 is 0. The summed E-state index contributed by atoms with van der Waals surface area (Å²) in [5.74, 6) is 0.496. The molecule has 26 heavy (non-hydrogen) atoms. The van der Waals surface area contributed by atoms with Gasteiger partial charge in [-0.05, 0) is 49.5 Å². The molecule has 7 heteroatoms. The molecule has 138 valence electrons. The third-order valence-electron chi connectivity index (χ3n) is 4.73. The first-order chi connectivity index (χ1) is 12.5. The molecule has 2 heterocycles. The summed E-state index contributed by atoms with van der Waals surface area (Å²) in [7, 11) is 0. The van der Waals surface area contributed by atoms with Crippen LogP contribution in [0, 0.1) is 5.92 Å². The fourth-order valence-electron chi connectivity index (χ4n) is 3.10. The van der Waals surface area contributed by atoms with Gasteiger partial charge in [0.2, 0.25) is 5.91 Å². The van der Waals surface area contributed by atoms with Gasteiger partial charge in [0.25, 0.3) is 5.56 Å². The summed E-state index contributed by atoms with van der Waals surface area (Å²) in [6.07, 6.45) is 3.81. The Morgan fingerprint density at radius 1 is 1.15 bits per heavy atom. The van der Waals surface area contributed by atoms with Crippen LogP contribution in [-0.2, 0) is 17.9 Å². The van der Waals surface area contributed by atoms with Crippen molar-refractivity contribution in [3.8, 4) is 0 Å². The maximum Gasteiger partial charge on any atom is 0.328 e. The summed E-state index contributed by atoms with van der Waals surface area (Å²) < 4.78 is 1.16. The van der Waals surface area contributed by atoms with Crippen LogP contribution < -0.4 is 16.6 Å². The predicted octanol–water partition coefficient (Wildman–Crippen LogP) is 1.41. The van der Waals surface area contributed by atoms with Crippen LogP contribution in [0.2, 0.25) is 0 Å². The van der Waals surface area contributed by atoms with Crippen molar-refractivity contribution < 1.29 is 4.79 Å². The van der Waals surface area contributed by atoms with Crippen molar-refractivity contribution in [2.24, 2.45) is 5.92 Å². The summed E-state index contributed by atoms with van der Waals surface area (Å²) in [5, 5.41) is 2.76. The van der Waals surface area contributed by atoms with Crippen molar-refractivity contribution in [2.75, 3.05) is 18.4 Å². The monoisotopic (exact) mass is 356 g/mol. The van der Waals surface area contributed by atoms with E-state index in [0.29, 0.717) is 5.69 Å². The van der Waals surface area contributed by atoms with E-state index in [2.05, 4.69) is 22.1 Å². The number of carbonyl (C=O) groups excluding carboxylic acids is 1. The van der Waals surface area contributed by atoms with Gasteiger partial charge in [-0.25, -0.2) is 4.79 Å². The number of anilines is 1. The van der Waals surface area contributed by atoms with Crippen molar-refractivity contribution >= 4 is 11.6 Å². The van der Waals surface area contributed by atoms with E-state index in [1.165, 1.54) is 30.7 Å². The number of rotatable bonds is 5. The van der Waals surface area contributed by atoms with Gasteiger partial charge in [-0.15, -0.1) is 0 Å². The van der Waals surface area contributed by atoms with Gasteiger partial charge in [-0.3, -0.25) is 24.0 Å². The topological polar surface area (TPSA) is 87.2 Å². The lowest BCUT2D eigenvalue weighted by atomic mass is 9.99. The van der Waals surface area contributed by atoms with Gasteiger partial charge in [0.05, 0.1) is 0 Å². The lowest BCUT2D eigenvalue weighted by Gasteiger charge is -2.30. The molecule has 0 radical (unpaired) electrons. The summed E-state index contributed by atoms with van der Waals surface area (Å²) in [6, 6.07) is 8.98. The van der Waals surface area contributed by atoms with Crippen molar-refractivity contribution in [3.05, 3.63) is 62.9 Å². The number of aromatic nitrogens is 2. The van der Waals surface area contributed by atoms with Gasteiger partial charge in [-0.2, -0.15) is 0 Å². The maximum atomic E-state index is 12.1.